The van der Waals surface area contributed by atoms with Crippen molar-refractivity contribution >= 4 is 17.4 Å². The van der Waals surface area contributed by atoms with Crippen LogP contribution in [0, 0.1) is 6.92 Å². The van der Waals surface area contributed by atoms with E-state index in [0.29, 0.717) is 6.54 Å². The molecule has 1 heterocycles. The summed E-state index contributed by atoms with van der Waals surface area (Å²) in [4.78, 5) is 16.7. The third-order valence-corrected chi connectivity index (χ3v) is 4.52. The number of hydrogen-bond acceptors (Lipinski definition) is 3. The largest absolute Gasteiger partial charge is 0.369 e. The van der Waals surface area contributed by atoms with Crippen molar-refractivity contribution in [3.8, 4) is 0 Å². The Morgan fingerprint density at radius 2 is 1.64 bits per heavy atom. The Balaban J connectivity index is 1.34. The summed E-state index contributed by atoms with van der Waals surface area (Å²) in [5.74, 6) is 0. The number of piperazine rings is 1. The topological polar surface area (TPSA) is 47.6 Å². The van der Waals surface area contributed by atoms with Gasteiger partial charge in [0, 0.05) is 50.6 Å². The molecular formula is C20H26N4O. The number of nitrogens with one attached hydrogen (secondary N) is 2. The van der Waals surface area contributed by atoms with Crippen LogP contribution in [0.15, 0.2) is 54.6 Å². The van der Waals surface area contributed by atoms with Gasteiger partial charge >= 0.3 is 6.03 Å². The lowest BCUT2D eigenvalue weighted by molar-refractivity contribution is 0.240. The normalized spacial score (nSPS) is 15.0. The highest BCUT2D eigenvalue weighted by Gasteiger charge is 2.16. The molecule has 2 aromatic rings. The Labute approximate surface area is 149 Å². The number of aryl methyl sites for hydroxylation is 1. The second-order valence-electron chi connectivity index (χ2n) is 6.41. The van der Waals surface area contributed by atoms with Crippen molar-refractivity contribution in [1.82, 2.24) is 10.2 Å². The van der Waals surface area contributed by atoms with Crippen molar-refractivity contribution in [2.24, 2.45) is 0 Å². The summed E-state index contributed by atoms with van der Waals surface area (Å²) in [5, 5.41) is 5.79. The van der Waals surface area contributed by atoms with Crippen LogP contribution in [-0.4, -0.2) is 50.2 Å². The van der Waals surface area contributed by atoms with Gasteiger partial charge in [-0.3, -0.25) is 4.90 Å². The lowest BCUT2D eigenvalue weighted by Crippen LogP contribution is -2.48. The monoisotopic (exact) mass is 338 g/mol. The van der Waals surface area contributed by atoms with Gasteiger partial charge in [0.2, 0.25) is 0 Å². The molecule has 0 atom stereocenters. The molecule has 1 fully saturated rings. The first-order chi connectivity index (χ1) is 12.2. The van der Waals surface area contributed by atoms with E-state index in [9.17, 15) is 4.79 Å². The Morgan fingerprint density at radius 1 is 0.960 bits per heavy atom. The van der Waals surface area contributed by atoms with E-state index in [1.807, 2.05) is 37.3 Å². The third-order valence-electron chi connectivity index (χ3n) is 4.52. The predicted octanol–water partition coefficient (Wildman–Crippen LogP) is 2.94. The van der Waals surface area contributed by atoms with E-state index in [4.69, 9.17) is 0 Å². The van der Waals surface area contributed by atoms with E-state index < -0.39 is 0 Å². The van der Waals surface area contributed by atoms with Gasteiger partial charge in [0.15, 0.2) is 0 Å². The van der Waals surface area contributed by atoms with Gasteiger partial charge in [-0.15, -0.1) is 0 Å². The first-order valence-electron chi connectivity index (χ1n) is 8.84. The van der Waals surface area contributed by atoms with Crippen molar-refractivity contribution in [1.29, 1.82) is 0 Å². The summed E-state index contributed by atoms with van der Waals surface area (Å²) in [7, 11) is 0. The summed E-state index contributed by atoms with van der Waals surface area (Å²) in [5.41, 5.74) is 3.29. The fraction of sp³-hybridized carbons (Fsp3) is 0.350. The van der Waals surface area contributed by atoms with E-state index in [1.54, 1.807) is 0 Å². The van der Waals surface area contributed by atoms with Gasteiger partial charge in [0.1, 0.15) is 0 Å². The van der Waals surface area contributed by atoms with Gasteiger partial charge in [0.25, 0.3) is 0 Å². The molecular weight excluding hydrogens is 312 g/mol. The van der Waals surface area contributed by atoms with Crippen LogP contribution in [0.25, 0.3) is 0 Å². The number of anilines is 2. The Hall–Kier alpha value is -2.53. The molecule has 0 saturated carbocycles. The summed E-state index contributed by atoms with van der Waals surface area (Å²) < 4.78 is 0. The van der Waals surface area contributed by atoms with E-state index in [0.717, 1.165) is 38.4 Å². The first kappa shape index (κ1) is 17.3. The Bertz CT molecular complexity index is 664. The van der Waals surface area contributed by atoms with Crippen LogP contribution in [0.4, 0.5) is 16.2 Å². The van der Waals surface area contributed by atoms with Gasteiger partial charge < -0.3 is 15.5 Å². The van der Waals surface area contributed by atoms with Crippen LogP contribution in [-0.2, 0) is 0 Å². The third kappa shape index (κ3) is 5.22. The van der Waals surface area contributed by atoms with Gasteiger partial charge in [-0.2, -0.15) is 0 Å². The molecule has 2 aromatic carbocycles. The molecule has 0 aliphatic carbocycles. The number of carbonyl (C=O) groups is 1. The van der Waals surface area contributed by atoms with Gasteiger partial charge in [-0.05, 0) is 31.2 Å². The molecule has 2 amide bonds. The lowest BCUT2D eigenvalue weighted by Gasteiger charge is -2.36. The second-order valence-corrected chi connectivity index (χ2v) is 6.41. The quantitative estimate of drug-likeness (QED) is 0.881. The summed E-state index contributed by atoms with van der Waals surface area (Å²) in [6.07, 6.45) is 0. The summed E-state index contributed by atoms with van der Waals surface area (Å²) >= 11 is 0. The van der Waals surface area contributed by atoms with E-state index in [2.05, 4.69) is 44.7 Å². The Kier molecular flexibility index (Phi) is 5.90. The van der Waals surface area contributed by atoms with E-state index >= 15 is 0 Å². The number of urea groups is 1. The minimum absolute atomic E-state index is 0.147. The van der Waals surface area contributed by atoms with Crippen LogP contribution in [0.5, 0.6) is 0 Å². The zero-order chi connectivity index (χ0) is 17.5. The number of para-hydroxylation sites is 1. The smallest absolute Gasteiger partial charge is 0.319 e. The minimum Gasteiger partial charge on any atom is -0.369 e. The highest BCUT2D eigenvalue weighted by Crippen LogP contribution is 2.15. The number of hydrogen-bond donors (Lipinski definition) is 2. The maximum absolute atomic E-state index is 11.9. The maximum Gasteiger partial charge on any atom is 0.319 e. The van der Waals surface area contributed by atoms with Gasteiger partial charge in [-0.1, -0.05) is 35.9 Å². The van der Waals surface area contributed by atoms with Crippen molar-refractivity contribution in [3.05, 3.63) is 60.2 Å². The van der Waals surface area contributed by atoms with Crippen LogP contribution in [0.2, 0.25) is 0 Å². The predicted molar refractivity (Wildman–Crippen MR) is 103 cm³/mol. The molecule has 3 rings (SSSR count). The number of nitrogens with zero attached hydrogens (tertiary/aromatic N) is 2. The molecule has 5 heteroatoms. The molecule has 2 N–H and O–H groups in total. The fourth-order valence-corrected chi connectivity index (χ4v) is 3.01. The van der Waals surface area contributed by atoms with Crippen molar-refractivity contribution in [2.75, 3.05) is 49.5 Å². The SMILES string of the molecule is Cc1ccc(NC(=O)NCCN2CCN(c3ccccc3)CC2)cc1. The van der Waals surface area contributed by atoms with Crippen LogP contribution < -0.4 is 15.5 Å². The number of rotatable bonds is 5. The lowest BCUT2D eigenvalue weighted by atomic mass is 10.2. The van der Waals surface area contributed by atoms with E-state index in [-0.39, 0.29) is 6.03 Å². The Morgan fingerprint density at radius 3 is 2.32 bits per heavy atom. The number of carbonyl (C=O) groups excluding carboxylic acids is 1. The maximum atomic E-state index is 11.9. The molecule has 0 spiro atoms. The van der Waals surface area contributed by atoms with Crippen LogP contribution >= 0.6 is 0 Å². The highest BCUT2D eigenvalue weighted by atomic mass is 16.2. The molecule has 5 nitrogen and oxygen atoms in total. The summed E-state index contributed by atoms with van der Waals surface area (Å²) in [6.45, 7) is 7.67. The van der Waals surface area contributed by atoms with Crippen molar-refractivity contribution in [2.45, 2.75) is 6.92 Å². The molecule has 0 unspecified atom stereocenters. The average molecular weight is 338 g/mol. The molecule has 132 valence electrons. The molecule has 1 aliphatic heterocycles. The van der Waals surface area contributed by atoms with E-state index in [1.165, 1.54) is 11.3 Å². The molecule has 0 aromatic heterocycles. The number of amides is 2. The van der Waals surface area contributed by atoms with Gasteiger partial charge in [-0.25, -0.2) is 4.79 Å². The van der Waals surface area contributed by atoms with Crippen molar-refractivity contribution < 1.29 is 4.79 Å². The highest BCUT2D eigenvalue weighted by molar-refractivity contribution is 5.89. The molecule has 25 heavy (non-hydrogen) atoms. The zero-order valence-electron chi connectivity index (χ0n) is 14.7. The molecule has 1 saturated heterocycles. The molecule has 0 bridgehead atoms. The van der Waals surface area contributed by atoms with Gasteiger partial charge in [0.05, 0.1) is 0 Å². The average Bonchev–Trinajstić information content (AvgIpc) is 2.65. The van der Waals surface area contributed by atoms with Crippen LogP contribution in [0.1, 0.15) is 5.56 Å². The second kappa shape index (κ2) is 8.53. The number of benzene rings is 2. The first-order valence-corrected chi connectivity index (χ1v) is 8.84. The standard InChI is InChI=1S/C20H26N4O/c1-17-7-9-18(10-8-17)22-20(25)21-11-12-23-13-15-24(16-14-23)19-5-3-2-4-6-19/h2-10H,11-16H2,1H3,(H2,21,22,25). The zero-order valence-corrected chi connectivity index (χ0v) is 14.7. The molecule has 1 aliphatic rings. The van der Waals surface area contributed by atoms with Crippen LogP contribution in [0.3, 0.4) is 0 Å². The van der Waals surface area contributed by atoms with Crippen molar-refractivity contribution in [3.63, 3.8) is 0 Å². The summed E-state index contributed by atoms with van der Waals surface area (Å²) in [6, 6.07) is 18.2. The minimum atomic E-state index is -0.147. The fourth-order valence-electron chi connectivity index (χ4n) is 3.01. The molecule has 0 radical (unpaired) electrons.